The number of ether oxygens (including phenoxy) is 4. The molecular formula is C17H21NO5. The van der Waals surface area contributed by atoms with Crippen molar-refractivity contribution in [3.63, 3.8) is 0 Å². The Kier molecular flexibility index (Phi) is 5.69. The van der Waals surface area contributed by atoms with Gasteiger partial charge in [-0.3, -0.25) is 0 Å². The summed E-state index contributed by atoms with van der Waals surface area (Å²) < 4.78 is 21.2. The molecule has 0 aliphatic heterocycles. The van der Waals surface area contributed by atoms with Crippen LogP contribution in [0.1, 0.15) is 36.0 Å². The van der Waals surface area contributed by atoms with E-state index in [0.29, 0.717) is 29.2 Å². The van der Waals surface area contributed by atoms with E-state index in [1.165, 1.54) is 21.3 Å². The Labute approximate surface area is 135 Å². The van der Waals surface area contributed by atoms with Crippen LogP contribution in [-0.2, 0) is 4.74 Å². The molecule has 1 aromatic carbocycles. The van der Waals surface area contributed by atoms with Crippen molar-refractivity contribution in [3.8, 4) is 23.3 Å². The van der Waals surface area contributed by atoms with Crippen molar-refractivity contribution in [2.45, 2.75) is 31.8 Å². The Bertz CT molecular complexity index is 582. The van der Waals surface area contributed by atoms with Gasteiger partial charge in [-0.15, -0.1) is 0 Å². The molecule has 2 unspecified atom stereocenters. The summed E-state index contributed by atoms with van der Waals surface area (Å²) >= 11 is 0. The number of rotatable bonds is 5. The van der Waals surface area contributed by atoms with Crippen LogP contribution in [0, 0.1) is 17.2 Å². The van der Waals surface area contributed by atoms with Gasteiger partial charge in [0.1, 0.15) is 6.10 Å². The fourth-order valence-corrected chi connectivity index (χ4v) is 2.79. The van der Waals surface area contributed by atoms with Crippen LogP contribution in [0.2, 0.25) is 0 Å². The van der Waals surface area contributed by atoms with E-state index < -0.39 is 5.97 Å². The smallest absolute Gasteiger partial charge is 0.338 e. The number of nitrogens with zero attached hydrogens (tertiary/aromatic N) is 1. The highest BCUT2D eigenvalue weighted by Gasteiger charge is 2.29. The molecule has 1 fully saturated rings. The number of hydrogen-bond donors (Lipinski definition) is 0. The molecule has 0 spiro atoms. The molecule has 1 aliphatic rings. The molecule has 124 valence electrons. The molecule has 23 heavy (non-hydrogen) atoms. The zero-order valence-corrected chi connectivity index (χ0v) is 13.6. The number of methoxy groups -OCH3 is 3. The zero-order chi connectivity index (χ0) is 16.8. The number of carbonyl (C=O) groups is 1. The van der Waals surface area contributed by atoms with E-state index in [1.54, 1.807) is 12.1 Å². The van der Waals surface area contributed by atoms with Crippen molar-refractivity contribution in [3.05, 3.63) is 17.7 Å². The lowest BCUT2D eigenvalue weighted by Gasteiger charge is -2.26. The maximum absolute atomic E-state index is 12.4. The molecule has 6 nitrogen and oxygen atoms in total. The van der Waals surface area contributed by atoms with Crippen LogP contribution in [0.4, 0.5) is 0 Å². The van der Waals surface area contributed by atoms with Gasteiger partial charge in [0, 0.05) is 0 Å². The minimum atomic E-state index is -0.489. The van der Waals surface area contributed by atoms with Gasteiger partial charge in [-0.25, -0.2) is 4.79 Å². The van der Waals surface area contributed by atoms with Gasteiger partial charge in [-0.2, -0.15) is 5.26 Å². The Morgan fingerprint density at radius 3 is 2.22 bits per heavy atom. The van der Waals surface area contributed by atoms with Crippen LogP contribution in [0.3, 0.4) is 0 Å². The molecule has 1 saturated carbocycles. The quantitative estimate of drug-likeness (QED) is 0.777. The highest BCUT2D eigenvalue weighted by molar-refractivity contribution is 5.91. The molecule has 0 aromatic heterocycles. The first kappa shape index (κ1) is 16.9. The zero-order valence-electron chi connectivity index (χ0n) is 13.6. The van der Waals surface area contributed by atoms with Gasteiger partial charge >= 0.3 is 5.97 Å². The molecule has 0 radical (unpaired) electrons. The molecule has 1 aliphatic carbocycles. The summed E-state index contributed by atoms with van der Waals surface area (Å²) in [5.74, 6) is 0.462. The summed E-state index contributed by atoms with van der Waals surface area (Å²) in [7, 11) is 4.47. The summed E-state index contributed by atoms with van der Waals surface area (Å²) in [4.78, 5) is 12.4. The van der Waals surface area contributed by atoms with E-state index in [4.69, 9.17) is 18.9 Å². The Morgan fingerprint density at radius 1 is 1.09 bits per heavy atom. The van der Waals surface area contributed by atoms with Crippen LogP contribution < -0.4 is 14.2 Å². The SMILES string of the molecule is COc1cc(C(=O)OC2CCCCC2C#N)cc(OC)c1OC. The second-order valence-electron chi connectivity index (χ2n) is 5.38. The molecule has 1 aromatic rings. The first-order valence-corrected chi connectivity index (χ1v) is 7.55. The highest BCUT2D eigenvalue weighted by Crippen LogP contribution is 2.38. The highest BCUT2D eigenvalue weighted by atomic mass is 16.5. The van der Waals surface area contributed by atoms with Gasteiger partial charge in [-0.05, 0) is 31.4 Å². The molecule has 6 heteroatoms. The largest absolute Gasteiger partial charge is 0.493 e. The number of carbonyl (C=O) groups excluding carboxylic acids is 1. The van der Waals surface area contributed by atoms with Crippen molar-refractivity contribution >= 4 is 5.97 Å². The fraction of sp³-hybridized carbons (Fsp3) is 0.529. The van der Waals surface area contributed by atoms with Gasteiger partial charge in [0.25, 0.3) is 0 Å². The normalized spacial score (nSPS) is 20.3. The number of hydrogen-bond acceptors (Lipinski definition) is 6. The first-order valence-electron chi connectivity index (χ1n) is 7.55. The molecule has 0 amide bonds. The third kappa shape index (κ3) is 3.67. The minimum Gasteiger partial charge on any atom is -0.493 e. The molecule has 0 saturated heterocycles. The van der Waals surface area contributed by atoms with Crippen LogP contribution >= 0.6 is 0 Å². The van der Waals surface area contributed by atoms with Crippen LogP contribution in [0.15, 0.2) is 12.1 Å². The number of benzene rings is 1. The van der Waals surface area contributed by atoms with Gasteiger partial charge < -0.3 is 18.9 Å². The topological polar surface area (TPSA) is 77.8 Å². The summed E-state index contributed by atoms with van der Waals surface area (Å²) in [5.41, 5.74) is 0.307. The Morgan fingerprint density at radius 2 is 1.70 bits per heavy atom. The van der Waals surface area contributed by atoms with E-state index in [1.807, 2.05) is 0 Å². The third-order valence-corrected chi connectivity index (χ3v) is 4.03. The minimum absolute atomic E-state index is 0.241. The summed E-state index contributed by atoms with van der Waals surface area (Å²) in [5, 5.41) is 9.18. The van der Waals surface area contributed by atoms with Gasteiger partial charge in [0.15, 0.2) is 11.5 Å². The number of esters is 1. The van der Waals surface area contributed by atoms with Gasteiger partial charge in [0.05, 0.1) is 38.9 Å². The standard InChI is InChI=1S/C17H21NO5/c1-20-14-8-12(9-15(21-2)16(14)22-3)17(19)23-13-7-5-4-6-11(13)10-18/h8-9,11,13H,4-7H2,1-3H3. The van der Waals surface area contributed by atoms with Gasteiger partial charge in [0.2, 0.25) is 5.75 Å². The van der Waals surface area contributed by atoms with Gasteiger partial charge in [-0.1, -0.05) is 6.42 Å². The lowest BCUT2D eigenvalue weighted by Crippen LogP contribution is -2.29. The van der Waals surface area contributed by atoms with Crippen molar-refractivity contribution in [1.29, 1.82) is 5.26 Å². The van der Waals surface area contributed by atoms with E-state index >= 15 is 0 Å². The van der Waals surface area contributed by atoms with Crippen LogP contribution in [0.25, 0.3) is 0 Å². The molecule has 0 N–H and O–H groups in total. The fourth-order valence-electron chi connectivity index (χ4n) is 2.79. The first-order chi connectivity index (χ1) is 11.1. The molecule has 0 bridgehead atoms. The average molecular weight is 319 g/mol. The summed E-state index contributed by atoms with van der Waals surface area (Å²) in [6, 6.07) is 5.33. The summed E-state index contributed by atoms with van der Waals surface area (Å²) in [6.45, 7) is 0. The van der Waals surface area contributed by atoms with Crippen LogP contribution in [-0.4, -0.2) is 33.4 Å². The van der Waals surface area contributed by atoms with E-state index in [9.17, 15) is 10.1 Å². The maximum Gasteiger partial charge on any atom is 0.338 e. The molecule has 2 rings (SSSR count). The Hall–Kier alpha value is -2.42. The molecule has 2 atom stereocenters. The van der Waals surface area contributed by atoms with E-state index in [0.717, 1.165) is 19.3 Å². The average Bonchev–Trinajstić information content (AvgIpc) is 2.60. The summed E-state index contributed by atoms with van der Waals surface area (Å²) in [6.07, 6.45) is 3.08. The predicted molar refractivity (Wildman–Crippen MR) is 82.9 cm³/mol. The van der Waals surface area contributed by atoms with Crippen LogP contribution in [0.5, 0.6) is 17.2 Å². The predicted octanol–water partition coefficient (Wildman–Crippen LogP) is 2.95. The second kappa shape index (κ2) is 7.73. The van der Waals surface area contributed by atoms with Crippen molar-refractivity contribution in [2.75, 3.05) is 21.3 Å². The third-order valence-electron chi connectivity index (χ3n) is 4.03. The monoisotopic (exact) mass is 319 g/mol. The maximum atomic E-state index is 12.4. The van der Waals surface area contributed by atoms with E-state index in [-0.39, 0.29) is 12.0 Å². The van der Waals surface area contributed by atoms with Crippen molar-refractivity contribution in [1.82, 2.24) is 0 Å². The lowest BCUT2D eigenvalue weighted by atomic mass is 9.87. The lowest BCUT2D eigenvalue weighted by molar-refractivity contribution is 0.0107. The molecule has 0 heterocycles. The number of nitriles is 1. The second-order valence-corrected chi connectivity index (χ2v) is 5.38. The van der Waals surface area contributed by atoms with E-state index in [2.05, 4.69) is 6.07 Å². The van der Waals surface area contributed by atoms with Crippen molar-refractivity contribution in [2.24, 2.45) is 5.92 Å². The Balaban J connectivity index is 2.23. The molecular weight excluding hydrogens is 298 g/mol. The van der Waals surface area contributed by atoms with Crippen molar-refractivity contribution < 1.29 is 23.7 Å².